The lowest BCUT2D eigenvalue weighted by Gasteiger charge is -2.28. The van der Waals surface area contributed by atoms with E-state index >= 15 is 0 Å². The smallest absolute Gasteiger partial charge is 0.306 e. The third-order valence-electron chi connectivity index (χ3n) is 9.35. The quantitative estimate of drug-likeness (QED) is 0.0198. The zero-order valence-electron chi connectivity index (χ0n) is 36.6. The molecule has 0 radical (unpaired) electrons. The van der Waals surface area contributed by atoms with Crippen molar-refractivity contribution in [3.05, 3.63) is 48.6 Å². The number of hydrogen-bond acceptors (Lipinski definition) is 8. The zero-order chi connectivity index (χ0) is 41.4. The van der Waals surface area contributed by atoms with Crippen LogP contribution in [0.2, 0.25) is 0 Å². The minimum atomic E-state index is -4.63. The van der Waals surface area contributed by atoms with E-state index in [-0.39, 0.29) is 26.1 Å². The summed E-state index contributed by atoms with van der Waals surface area (Å²) in [6.45, 7) is 4.16. The van der Waals surface area contributed by atoms with Gasteiger partial charge >= 0.3 is 11.9 Å². The Labute approximate surface area is 343 Å². The Hall–Kier alpha value is -2.03. The second kappa shape index (κ2) is 38.5. The Balaban J connectivity index is 4.40. The molecule has 0 aliphatic carbocycles. The maximum atomic E-state index is 12.7. The van der Waals surface area contributed by atoms with Gasteiger partial charge in [-0.3, -0.25) is 14.2 Å². The van der Waals surface area contributed by atoms with Gasteiger partial charge in [-0.15, -0.1) is 0 Å². The van der Waals surface area contributed by atoms with E-state index in [0.29, 0.717) is 23.9 Å². The lowest BCUT2D eigenvalue weighted by Crippen LogP contribution is -2.37. The van der Waals surface area contributed by atoms with Gasteiger partial charge in [0, 0.05) is 12.8 Å². The van der Waals surface area contributed by atoms with Crippen molar-refractivity contribution in [2.75, 3.05) is 47.5 Å². The first-order chi connectivity index (χ1) is 27.0. The molecule has 0 amide bonds. The number of phosphoric acid groups is 1. The predicted octanol–water partition coefficient (Wildman–Crippen LogP) is 12.1. The molecule has 0 aromatic heterocycles. The van der Waals surface area contributed by atoms with E-state index in [1.165, 1.54) is 83.5 Å². The largest absolute Gasteiger partial charge is 0.756 e. The maximum absolute atomic E-state index is 12.7. The van der Waals surface area contributed by atoms with E-state index in [4.69, 9.17) is 18.5 Å². The molecule has 0 bridgehead atoms. The van der Waals surface area contributed by atoms with Gasteiger partial charge in [-0.25, -0.2) is 0 Å². The molecule has 2 atom stereocenters. The number of carbonyl (C=O) groups excluding carboxylic acids is 2. The highest BCUT2D eigenvalue weighted by molar-refractivity contribution is 7.45. The standard InChI is InChI=1S/C46H84NO8P/c1-6-8-10-12-14-16-18-20-21-22-23-24-25-27-28-30-32-34-36-38-45(48)52-42-44(43-54-56(50,51)53-41-40-47(3,4)5)55-46(49)39-37-35-33-31-29-26-19-17-15-13-11-9-7-2/h14,16,20-21,23-24,27-28,44H,6-13,15,17-19,22,25-26,29-43H2,1-5H3/b16-14-,21-20-,24-23-,28-27-/t44-/m1/s1. The summed E-state index contributed by atoms with van der Waals surface area (Å²) >= 11 is 0. The molecule has 0 spiro atoms. The van der Waals surface area contributed by atoms with Gasteiger partial charge in [-0.2, -0.15) is 0 Å². The zero-order valence-corrected chi connectivity index (χ0v) is 37.5. The fourth-order valence-corrected chi connectivity index (χ4v) is 6.54. The number of ether oxygens (including phenoxy) is 2. The molecule has 0 aliphatic rings. The van der Waals surface area contributed by atoms with E-state index < -0.39 is 32.5 Å². The first-order valence-corrected chi connectivity index (χ1v) is 23.8. The first kappa shape index (κ1) is 54.0. The number of allylic oxidation sites excluding steroid dienone is 8. The summed E-state index contributed by atoms with van der Waals surface area (Å²) < 4.78 is 33.9. The van der Waals surface area contributed by atoms with Crippen LogP contribution in [0, 0.1) is 0 Å². The number of nitrogens with zero attached hydrogens (tertiary/aromatic N) is 1. The summed E-state index contributed by atoms with van der Waals surface area (Å²) in [5.74, 6) is -0.869. The summed E-state index contributed by atoms with van der Waals surface area (Å²) in [6.07, 6.45) is 44.2. The molecule has 10 heteroatoms. The van der Waals surface area contributed by atoms with E-state index in [2.05, 4.69) is 62.5 Å². The van der Waals surface area contributed by atoms with Crippen molar-refractivity contribution in [2.45, 2.75) is 187 Å². The molecule has 1 unspecified atom stereocenters. The van der Waals surface area contributed by atoms with Crippen LogP contribution in [0.25, 0.3) is 0 Å². The molecule has 326 valence electrons. The number of carbonyl (C=O) groups is 2. The van der Waals surface area contributed by atoms with Crippen LogP contribution in [0.1, 0.15) is 181 Å². The summed E-state index contributed by atoms with van der Waals surface area (Å²) in [4.78, 5) is 37.5. The van der Waals surface area contributed by atoms with Crippen molar-refractivity contribution in [1.29, 1.82) is 0 Å². The highest BCUT2D eigenvalue weighted by Gasteiger charge is 2.21. The van der Waals surface area contributed by atoms with Gasteiger partial charge in [-0.1, -0.05) is 159 Å². The fraction of sp³-hybridized carbons (Fsp3) is 0.783. The van der Waals surface area contributed by atoms with Gasteiger partial charge in [-0.05, 0) is 57.8 Å². The minimum Gasteiger partial charge on any atom is -0.756 e. The minimum absolute atomic E-state index is 0.0365. The van der Waals surface area contributed by atoms with Crippen molar-refractivity contribution in [1.82, 2.24) is 0 Å². The number of esters is 2. The summed E-state index contributed by atoms with van der Waals surface area (Å²) in [5.41, 5.74) is 0. The Morgan fingerprint density at radius 1 is 0.554 bits per heavy atom. The third kappa shape index (κ3) is 41.6. The second-order valence-corrected chi connectivity index (χ2v) is 17.5. The normalized spacial score (nSPS) is 14.0. The second-order valence-electron chi connectivity index (χ2n) is 16.1. The van der Waals surface area contributed by atoms with Crippen LogP contribution in [0.3, 0.4) is 0 Å². The topological polar surface area (TPSA) is 111 Å². The molecule has 0 aliphatic heterocycles. The van der Waals surface area contributed by atoms with Crippen LogP contribution in [-0.4, -0.2) is 70.0 Å². The van der Waals surface area contributed by atoms with Crippen molar-refractivity contribution < 1.29 is 42.1 Å². The molecule has 56 heavy (non-hydrogen) atoms. The van der Waals surface area contributed by atoms with Crippen molar-refractivity contribution >= 4 is 19.8 Å². The van der Waals surface area contributed by atoms with E-state index in [9.17, 15) is 19.0 Å². The monoisotopic (exact) mass is 810 g/mol. The average Bonchev–Trinajstić information content (AvgIpc) is 3.15. The van der Waals surface area contributed by atoms with Crippen molar-refractivity contribution in [3.63, 3.8) is 0 Å². The van der Waals surface area contributed by atoms with Crippen molar-refractivity contribution in [2.24, 2.45) is 0 Å². The SMILES string of the molecule is CCCCC/C=C\C/C=C\C/C=C\C/C=C\CCCCCC(=O)OC[C@H](COP(=O)([O-])OCC[N+](C)(C)C)OC(=O)CCCCCCCCCCCCCCC. The molecule has 0 rings (SSSR count). The van der Waals surface area contributed by atoms with Crippen molar-refractivity contribution in [3.8, 4) is 0 Å². The lowest BCUT2D eigenvalue weighted by atomic mass is 10.0. The van der Waals surface area contributed by atoms with Crippen LogP contribution < -0.4 is 4.89 Å². The molecule has 0 N–H and O–H groups in total. The van der Waals surface area contributed by atoms with Gasteiger partial charge in [0.2, 0.25) is 0 Å². The number of rotatable bonds is 40. The van der Waals surface area contributed by atoms with E-state index in [1.54, 1.807) is 0 Å². The van der Waals surface area contributed by atoms with E-state index in [1.807, 2.05) is 21.1 Å². The molecule has 0 saturated heterocycles. The predicted molar refractivity (Wildman–Crippen MR) is 231 cm³/mol. The van der Waals surface area contributed by atoms with Crippen LogP contribution in [-0.2, 0) is 32.7 Å². The van der Waals surface area contributed by atoms with Crippen LogP contribution in [0.4, 0.5) is 0 Å². The highest BCUT2D eigenvalue weighted by Crippen LogP contribution is 2.38. The Bertz CT molecular complexity index is 1100. The molecule has 0 heterocycles. The van der Waals surface area contributed by atoms with Gasteiger partial charge in [0.25, 0.3) is 7.82 Å². The highest BCUT2D eigenvalue weighted by atomic mass is 31.2. The molecule has 0 aromatic rings. The third-order valence-corrected chi connectivity index (χ3v) is 10.3. The molecular weight excluding hydrogens is 725 g/mol. The number of hydrogen-bond donors (Lipinski definition) is 0. The number of phosphoric ester groups is 1. The molecule has 0 aromatic carbocycles. The maximum Gasteiger partial charge on any atom is 0.306 e. The molecular formula is C46H84NO8P. The Kier molecular flexibility index (Phi) is 37.1. The van der Waals surface area contributed by atoms with Gasteiger partial charge in [0.1, 0.15) is 19.8 Å². The lowest BCUT2D eigenvalue weighted by molar-refractivity contribution is -0.870. The fourth-order valence-electron chi connectivity index (χ4n) is 5.81. The molecule has 0 fully saturated rings. The number of unbranched alkanes of at least 4 members (excludes halogenated alkanes) is 18. The average molecular weight is 810 g/mol. The molecule has 9 nitrogen and oxygen atoms in total. The summed E-state index contributed by atoms with van der Waals surface area (Å²) in [5, 5.41) is 0. The van der Waals surface area contributed by atoms with Gasteiger partial charge in [0.05, 0.1) is 27.7 Å². The van der Waals surface area contributed by atoms with Gasteiger partial charge < -0.3 is 27.9 Å². The number of quaternary nitrogens is 1. The summed E-state index contributed by atoms with van der Waals surface area (Å²) in [7, 11) is 1.15. The number of likely N-dealkylation sites (N-methyl/N-ethyl adjacent to an activating group) is 1. The van der Waals surface area contributed by atoms with Gasteiger partial charge in [0.15, 0.2) is 6.10 Å². The Morgan fingerprint density at radius 3 is 1.46 bits per heavy atom. The van der Waals surface area contributed by atoms with Crippen LogP contribution in [0.5, 0.6) is 0 Å². The molecule has 0 saturated carbocycles. The van der Waals surface area contributed by atoms with Crippen LogP contribution >= 0.6 is 7.82 Å². The van der Waals surface area contributed by atoms with Crippen LogP contribution in [0.15, 0.2) is 48.6 Å². The Morgan fingerprint density at radius 2 is 0.964 bits per heavy atom. The first-order valence-electron chi connectivity index (χ1n) is 22.3. The van der Waals surface area contributed by atoms with E-state index in [0.717, 1.165) is 57.8 Å². The summed E-state index contributed by atoms with van der Waals surface area (Å²) in [6, 6.07) is 0.